The Hall–Kier alpha value is -3.44. The van der Waals surface area contributed by atoms with E-state index in [2.05, 4.69) is 54.8 Å². The molecule has 1 aliphatic heterocycles. The molecule has 1 aliphatic carbocycles. The van der Waals surface area contributed by atoms with Gasteiger partial charge in [0.05, 0.1) is 36.1 Å². The van der Waals surface area contributed by atoms with E-state index < -0.39 is 5.97 Å². The molecule has 40 heavy (non-hydrogen) atoms. The average Bonchev–Trinajstić information content (AvgIpc) is 3.46. The number of aromatic nitrogens is 4. The molecule has 11 heteroatoms. The van der Waals surface area contributed by atoms with Crippen LogP contribution in [0.25, 0.3) is 22.6 Å². The second-order valence-electron chi connectivity index (χ2n) is 10.6. The quantitative estimate of drug-likeness (QED) is 0.181. The van der Waals surface area contributed by atoms with Crippen molar-refractivity contribution in [1.29, 1.82) is 0 Å². The number of carbonyl (C=O) groups excluding carboxylic acids is 1. The van der Waals surface area contributed by atoms with Gasteiger partial charge in [0.2, 0.25) is 0 Å². The summed E-state index contributed by atoms with van der Waals surface area (Å²) >= 11 is 0. The first-order valence-electron chi connectivity index (χ1n) is 14.6. The van der Waals surface area contributed by atoms with E-state index in [9.17, 15) is 9.59 Å². The van der Waals surface area contributed by atoms with Gasteiger partial charge in [-0.25, -0.2) is 9.78 Å². The summed E-state index contributed by atoms with van der Waals surface area (Å²) in [6.45, 7) is 6.59. The summed E-state index contributed by atoms with van der Waals surface area (Å²) in [5.41, 5.74) is 4.34. The zero-order chi connectivity index (χ0) is 28.2. The number of H-pyrrole nitrogens is 2. The molecule has 0 spiro atoms. The predicted molar refractivity (Wildman–Crippen MR) is 155 cm³/mol. The van der Waals surface area contributed by atoms with Gasteiger partial charge in [-0.1, -0.05) is 51.5 Å². The molecular weight excluding hydrogens is 510 g/mol. The van der Waals surface area contributed by atoms with Gasteiger partial charge in [0.1, 0.15) is 5.69 Å². The number of rotatable bonds is 13. The number of nitrogens with one attached hydrogen (secondary N) is 4. The Morgan fingerprint density at radius 2 is 1.85 bits per heavy atom. The number of amides is 2. The third-order valence-corrected chi connectivity index (χ3v) is 7.09. The molecule has 5 N–H and O–H groups in total. The summed E-state index contributed by atoms with van der Waals surface area (Å²) in [7, 11) is 0. The second kappa shape index (κ2) is 15.4. The van der Waals surface area contributed by atoms with Crippen molar-refractivity contribution in [1.82, 2.24) is 30.4 Å². The molecular formula is C29H43N7O4. The number of aromatic amines is 2. The van der Waals surface area contributed by atoms with Crippen LogP contribution in [0.1, 0.15) is 76.7 Å². The normalized spacial score (nSPS) is 15.4. The molecule has 2 fully saturated rings. The van der Waals surface area contributed by atoms with E-state index in [1.54, 1.807) is 6.20 Å². The zero-order valence-corrected chi connectivity index (χ0v) is 23.5. The highest BCUT2D eigenvalue weighted by atomic mass is 16.5. The van der Waals surface area contributed by atoms with Crippen LogP contribution in [-0.2, 0) is 16.1 Å². The highest BCUT2D eigenvalue weighted by molar-refractivity contribution is 5.93. The van der Waals surface area contributed by atoms with Crippen molar-refractivity contribution < 1.29 is 19.4 Å². The predicted octanol–water partition coefficient (Wildman–Crippen LogP) is 5.28. The largest absolute Gasteiger partial charge is 0.481 e. The van der Waals surface area contributed by atoms with Crippen molar-refractivity contribution in [3.63, 3.8) is 0 Å². The number of anilines is 1. The number of carboxylic acids is 1. The number of morpholine rings is 1. The van der Waals surface area contributed by atoms with Crippen molar-refractivity contribution in [3.8, 4) is 11.5 Å². The van der Waals surface area contributed by atoms with Crippen LogP contribution in [-0.4, -0.2) is 74.5 Å². The highest BCUT2D eigenvalue weighted by Gasteiger charge is 2.24. The number of benzene rings is 1. The van der Waals surface area contributed by atoms with Crippen LogP contribution in [0.15, 0.2) is 24.4 Å². The molecule has 11 nitrogen and oxygen atoms in total. The number of carboxylic acid groups (broad SMARTS) is 1. The smallest absolute Gasteiger partial charge is 0.319 e. The first-order valence-corrected chi connectivity index (χ1v) is 14.6. The van der Waals surface area contributed by atoms with Gasteiger partial charge in [0.25, 0.3) is 0 Å². The molecule has 1 aromatic carbocycles. The highest BCUT2D eigenvalue weighted by Crippen LogP contribution is 2.26. The number of hydrogen-bond donors (Lipinski definition) is 5. The van der Waals surface area contributed by atoms with Crippen LogP contribution in [0.4, 0.5) is 10.5 Å². The number of unbranched alkanes of at least 4 members (excludes halogenated alkanes) is 6. The number of carbonyl (C=O) groups is 2. The van der Waals surface area contributed by atoms with Gasteiger partial charge < -0.3 is 25.5 Å². The lowest BCUT2D eigenvalue weighted by atomic mass is 10.1. The molecule has 1 saturated heterocycles. The number of ether oxygens (including phenoxy) is 1. The minimum atomic E-state index is -0.663. The molecule has 0 atom stereocenters. The van der Waals surface area contributed by atoms with Crippen molar-refractivity contribution in [2.75, 3.05) is 31.6 Å². The van der Waals surface area contributed by atoms with E-state index in [4.69, 9.17) is 9.84 Å². The fraction of sp³-hybridized carbons (Fsp3) is 0.586. The third-order valence-electron chi connectivity index (χ3n) is 7.09. The fourth-order valence-corrected chi connectivity index (χ4v) is 4.66. The summed E-state index contributed by atoms with van der Waals surface area (Å²) < 4.78 is 5.41. The second-order valence-corrected chi connectivity index (χ2v) is 10.6. The van der Waals surface area contributed by atoms with E-state index >= 15 is 0 Å². The number of hydrogen-bond acceptors (Lipinski definition) is 6. The Balaban J connectivity index is 0.000000263. The van der Waals surface area contributed by atoms with Gasteiger partial charge in [-0.15, -0.1) is 0 Å². The van der Waals surface area contributed by atoms with E-state index in [1.807, 2.05) is 6.07 Å². The molecule has 0 unspecified atom stereocenters. The molecule has 2 aliphatic rings. The number of nitrogens with zero attached hydrogens (tertiary/aromatic N) is 3. The lowest BCUT2D eigenvalue weighted by Gasteiger charge is -2.26. The van der Waals surface area contributed by atoms with Crippen molar-refractivity contribution in [3.05, 3.63) is 30.0 Å². The molecule has 1 saturated carbocycles. The number of imidazole rings is 1. The van der Waals surface area contributed by atoms with E-state index in [-0.39, 0.29) is 6.03 Å². The average molecular weight is 554 g/mol. The van der Waals surface area contributed by atoms with Gasteiger partial charge in [-0.05, 0) is 37.0 Å². The summed E-state index contributed by atoms with van der Waals surface area (Å²) in [6.07, 6.45) is 12.3. The number of fused-ring (bicyclic) bond motifs is 1. The van der Waals surface area contributed by atoms with Crippen LogP contribution in [0.2, 0.25) is 0 Å². The molecule has 218 valence electrons. The molecule has 3 aromatic rings. The van der Waals surface area contributed by atoms with Gasteiger partial charge in [0.15, 0.2) is 5.82 Å². The molecule has 5 rings (SSSR count). The van der Waals surface area contributed by atoms with Crippen LogP contribution in [0.3, 0.4) is 0 Å². The first-order chi connectivity index (χ1) is 19.5. The Morgan fingerprint density at radius 1 is 1.10 bits per heavy atom. The van der Waals surface area contributed by atoms with Gasteiger partial charge in [-0.2, -0.15) is 5.10 Å². The molecule has 2 amide bonds. The lowest BCUT2D eigenvalue weighted by Crippen LogP contribution is -2.35. The summed E-state index contributed by atoms with van der Waals surface area (Å²) in [5.74, 6) is -0.0127. The molecule has 3 heterocycles. The topological polar surface area (TPSA) is 148 Å². The first kappa shape index (κ1) is 29.5. The maximum absolute atomic E-state index is 12.0. The molecule has 2 aromatic heterocycles. The van der Waals surface area contributed by atoms with Crippen LogP contribution in [0.5, 0.6) is 0 Å². The van der Waals surface area contributed by atoms with Crippen LogP contribution >= 0.6 is 0 Å². The standard InChI is InChI=1S/C19H23N7O2.C10H20O2/c27-19(21-13-2-3-13)24-16-10-20-25-17(16)18-22-14-4-1-12(9-15(14)23-18)11-26-5-7-28-8-6-26;1-2-3-4-5-6-7-8-9-10(11)12/h1,4,9-10,13H,2-3,5-8,11H2,(H,20,25)(H,22,23)(H2,21,24,27);2-9H2,1H3,(H,11,12). The minimum Gasteiger partial charge on any atom is -0.481 e. The summed E-state index contributed by atoms with van der Waals surface area (Å²) in [5, 5.41) is 21.1. The minimum absolute atomic E-state index is 0.214. The maximum atomic E-state index is 12.0. The monoisotopic (exact) mass is 553 g/mol. The Labute approximate surface area is 235 Å². The van der Waals surface area contributed by atoms with Crippen molar-refractivity contribution >= 4 is 28.7 Å². The van der Waals surface area contributed by atoms with Gasteiger partial charge in [0, 0.05) is 32.1 Å². The number of urea groups is 1. The Bertz CT molecular complexity index is 1210. The van der Waals surface area contributed by atoms with Crippen molar-refractivity contribution in [2.24, 2.45) is 0 Å². The van der Waals surface area contributed by atoms with Crippen LogP contribution in [0, 0.1) is 0 Å². The SMILES string of the molecule is CCCCCCCCCC(=O)O.O=C(Nc1cn[nH]c1-c1nc2ccc(CN3CCOCC3)cc2[nH]1)NC1CC1. The summed E-state index contributed by atoms with van der Waals surface area (Å²) in [4.78, 5) is 32.6. The van der Waals surface area contributed by atoms with Gasteiger partial charge in [-0.3, -0.25) is 14.8 Å². The Morgan fingerprint density at radius 3 is 2.58 bits per heavy atom. The molecule has 0 radical (unpaired) electrons. The number of aliphatic carboxylic acids is 1. The molecule has 0 bridgehead atoms. The maximum Gasteiger partial charge on any atom is 0.319 e. The zero-order valence-electron chi connectivity index (χ0n) is 23.5. The lowest BCUT2D eigenvalue weighted by molar-refractivity contribution is -0.137. The van der Waals surface area contributed by atoms with E-state index in [0.29, 0.717) is 29.7 Å². The van der Waals surface area contributed by atoms with Gasteiger partial charge >= 0.3 is 12.0 Å². The Kier molecular flexibility index (Phi) is 11.4. The van der Waals surface area contributed by atoms with Crippen molar-refractivity contribution in [2.45, 2.75) is 83.7 Å². The van der Waals surface area contributed by atoms with E-state index in [1.165, 1.54) is 37.7 Å². The third kappa shape index (κ3) is 9.63. The van der Waals surface area contributed by atoms with Crippen LogP contribution < -0.4 is 10.6 Å². The van der Waals surface area contributed by atoms with E-state index in [0.717, 1.165) is 69.6 Å². The fourth-order valence-electron chi connectivity index (χ4n) is 4.66. The summed E-state index contributed by atoms with van der Waals surface area (Å²) in [6, 6.07) is 6.34.